The molecule has 3 rings (SSSR count). The van der Waals surface area contributed by atoms with Gasteiger partial charge in [0.25, 0.3) is 10.0 Å². The molecule has 5 nitrogen and oxygen atoms in total. The molecule has 0 aliphatic carbocycles. The highest BCUT2D eigenvalue weighted by Gasteiger charge is 2.25. The van der Waals surface area contributed by atoms with Crippen LogP contribution in [-0.2, 0) is 10.0 Å². The number of sulfonamides is 1. The van der Waals surface area contributed by atoms with E-state index in [1.165, 1.54) is 53.2 Å². The van der Waals surface area contributed by atoms with Gasteiger partial charge in [-0.05, 0) is 62.4 Å². The lowest BCUT2D eigenvalue weighted by Crippen LogP contribution is -2.15. The van der Waals surface area contributed by atoms with Crippen LogP contribution in [0.4, 0.5) is 14.5 Å². The van der Waals surface area contributed by atoms with E-state index in [1.807, 2.05) is 0 Å². The van der Waals surface area contributed by atoms with Crippen LogP contribution < -0.4 is 4.72 Å². The fraction of sp³-hybridized carbons (Fsp3) is 0.118. The number of benzene rings is 2. The number of anilines is 1. The Balaban J connectivity index is 2.02. The summed E-state index contributed by atoms with van der Waals surface area (Å²) in [6, 6.07) is 10.6. The van der Waals surface area contributed by atoms with Crippen molar-refractivity contribution in [2.45, 2.75) is 18.7 Å². The van der Waals surface area contributed by atoms with Crippen molar-refractivity contribution in [3.63, 3.8) is 0 Å². The Morgan fingerprint density at radius 1 is 0.920 bits per heavy atom. The van der Waals surface area contributed by atoms with Crippen molar-refractivity contribution in [3.8, 4) is 5.69 Å². The van der Waals surface area contributed by atoms with Crippen molar-refractivity contribution in [1.82, 2.24) is 9.78 Å². The molecule has 3 aromatic rings. The van der Waals surface area contributed by atoms with Crippen molar-refractivity contribution in [3.05, 3.63) is 71.6 Å². The van der Waals surface area contributed by atoms with Crippen LogP contribution in [0.1, 0.15) is 11.4 Å². The minimum Gasteiger partial charge on any atom is -0.280 e. The molecule has 2 aromatic carbocycles. The molecule has 0 aliphatic rings. The maximum atomic E-state index is 13.1. The molecule has 0 saturated carbocycles. The molecule has 0 aliphatic heterocycles. The molecule has 0 spiro atoms. The summed E-state index contributed by atoms with van der Waals surface area (Å²) in [5, 5.41) is 4.25. The molecule has 0 bridgehead atoms. The molecule has 0 atom stereocenters. The summed E-state index contributed by atoms with van der Waals surface area (Å²) in [5.74, 6) is -0.851. The van der Waals surface area contributed by atoms with Crippen LogP contribution in [0.15, 0.2) is 53.4 Å². The predicted molar refractivity (Wildman–Crippen MR) is 90.2 cm³/mol. The number of nitrogens with zero attached hydrogens (tertiary/aromatic N) is 2. The first kappa shape index (κ1) is 17.1. The highest BCUT2D eigenvalue weighted by Crippen LogP contribution is 2.25. The Morgan fingerprint density at radius 3 is 2.00 bits per heavy atom. The Kier molecular flexibility index (Phi) is 4.30. The van der Waals surface area contributed by atoms with Gasteiger partial charge in [-0.2, -0.15) is 5.10 Å². The second-order valence-corrected chi connectivity index (χ2v) is 7.12. The highest BCUT2D eigenvalue weighted by molar-refractivity contribution is 7.92. The number of rotatable bonds is 4. The molecule has 0 radical (unpaired) electrons. The summed E-state index contributed by atoms with van der Waals surface area (Å²) >= 11 is 0. The SMILES string of the molecule is Cc1nn(-c2ccc(F)cc2)c(C)c1S(=O)(=O)Nc1ccc(F)cc1. The summed E-state index contributed by atoms with van der Waals surface area (Å²) < 4.78 is 55.3. The Morgan fingerprint density at radius 2 is 1.44 bits per heavy atom. The van der Waals surface area contributed by atoms with Gasteiger partial charge in [0.1, 0.15) is 16.5 Å². The molecule has 0 fully saturated rings. The van der Waals surface area contributed by atoms with E-state index in [2.05, 4.69) is 9.82 Å². The summed E-state index contributed by atoms with van der Waals surface area (Å²) in [6.45, 7) is 3.19. The van der Waals surface area contributed by atoms with E-state index in [0.29, 0.717) is 17.1 Å². The van der Waals surface area contributed by atoms with E-state index in [4.69, 9.17) is 0 Å². The van der Waals surface area contributed by atoms with Gasteiger partial charge in [0.15, 0.2) is 0 Å². The maximum absolute atomic E-state index is 13.1. The summed E-state index contributed by atoms with van der Waals surface area (Å²) in [5.41, 5.74) is 1.48. The molecule has 8 heteroatoms. The third-order valence-electron chi connectivity index (χ3n) is 3.66. The number of aromatic nitrogens is 2. The zero-order valence-corrected chi connectivity index (χ0v) is 14.3. The van der Waals surface area contributed by atoms with Gasteiger partial charge in [0, 0.05) is 5.69 Å². The van der Waals surface area contributed by atoms with Crippen LogP contribution in [0.5, 0.6) is 0 Å². The molecule has 130 valence electrons. The molecule has 1 heterocycles. The molecular weight excluding hydrogens is 348 g/mol. The van der Waals surface area contributed by atoms with E-state index >= 15 is 0 Å². The lowest BCUT2D eigenvalue weighted by Gasteiger charge is -2.09. The van der Waals surface area contributed by atoms with Gasteiger partial charge in [0.05, 0.1) is 17.1 Å². The lowest BCUT2D eigenvalue weighted by atomic mass is 10.3. The third kappa shape index (κ3) is 3.39. The first-order chi connectivity index (χ1) is 11.8. The predicted octanol–water partition coefficient (Wildman–Crippen LogP) is 3.57. The molecule has 1 N–H and O–H groups in total. The Bertz CT molecular complexity index is 1010. The molecule has 1 aromatic heterocycles. The van der Waals surface area contributed by atoms with Crippen LogP contribution in [0.2, 0.25) is 0 Å². The van der Waals surface area contributed by atoms with E-state index in [1.54, 1.807) is 13.8 Å². The van der Waals surface area contributed by atoms with Gasteiger partial charge in [0.2, 0.25) is 0 Å². The number of halogens is 2. The third-order valence-corrected chi connectivity index (χ3v) is 5.29. The number of hydrogen-bond donors (Lipinski definition) is 1. The second kappa shape index (κ2) is 6.29. The zero-order chi connectivity index (χ0) is 18.2. The smallest absolute Gasteiger partial charge is 0.265 e. The van der Waals surface area contributed by atoms with Gasteiger partial charge in [-0.25, -0.2) is 21.9 Å². The van der Waals surface area contributed by atoms with E-state index < -0.39 is 21.7 Å². The molecule has 0 unspecified atom stereocenters. The average molecular weight is 363 g/mol. The van der Waals surface area contributed by atoms with Gasteiger partial charge in [-0.1, -0.05) is 0 Å². The Labute approximate surface area is 144 Å². The van der Waals surface area contributed by atoms with Crippen molar-refractivity contribution in [2.75, 3.05) is 4.72 Å². The van der Waals surface area contributed by atoms with Gasteiger partial charge in [-0.15, -0.1) is 0 Å². The van der Waals surface area contributed by atoms with Crippen LogP contribution in [0.25, 0.3) is 5.69 Å². The standard InChI is InChI=1S/C17H15F2N3O2S/c1-11-17(25(23,24)21-15-7-3-13(18)4-8-15)12(2)22(20-11)16-9-5-14(19)6-10-16/h3-10,21H,1-2H3. The largest absolute Gasteiger partial charge is 0.280 e. The first-order valence-corrected chi connectivity index (χ1v) is 8.87. The van der Waals surface area contributed by atoms with Gasteiger partial charge >= 0.3 is 0 Å². The second-order valence-electron chi connectivity index (χ2n) is 5.50. The lowest BCUT2D eigenvalue weighted by molar-refractivity contribution is 0.599. The average Bonchev–Trinajstić information content (AvgIpc) is 2.85. The number of hydrogen-bond acceptors (Lipinski definition) is 3. The highest BCUT2D eigenvalue weighted by atomic mass is 32.2. The fourth-order valence-electron chi connectivity index (χ4n) is 2.58. The van der Waals surface area contributed by atoms with Crippen LogP contribution in [0, 0.1) is 25.5 Å². The van der Waals surface area contributed by atoms with Crippen molar-refractivity contribution in [2.24, 2.45) is 0 Å². The van der Waals surface area contributed by atoms with Crippen LogP contribution in [-0.4, -0.2) is 18.2 Å². The summed E-state index contributed by atoms with van der Waals surface area (Å²) in [6.07, 6.45) is 0. The molecular formula is C17H15F2N3O2S. The normalized spacial score (nSPS) is 11.5. The zero-order valence-electron chi connectivity index (χ0n) is 13.5. The maximum Gasteiger partial charge on any atom is 0.265 e. The minimum atomic E-state index is -3.91. The molecule has 0 saturated heterocycles. The topological polar surface area (TPSA) is 64.0 Å². The van der Waals surface area contributed by atoms with E-state index in [0.717, 1.165) is 0 Å². The van der Waals surface area contributed by atoms with Crippen LogP contribution >= 0.6 is 0 Å². The monoisotopic (exact) mass is 363 g/mol. The van der Waals surface area contributed by atoms with Gasteiger partial charge in [-0.3, -0.25) is 4.72 Å². The first-order valence-electron chi connectivity index (χ1n) is 7.38. The summed E-state index contributed by atoms with van der Waals surface area (Å²) in [4.78, 5) is 0.0288. The quantitative estimate of drug-likeness (QED) is 0.771. The molecule has 25 heavy (non-hydrogen) atoms. The van der Waals surface area contributed by atoms with Crippen molar-refractivity contribution < 1.29 is 17.2 Å². The van der Waals surface area contributed by atoms with E-state index in [-0.39, 0.29) is 10.6 Å². The summed E-state index contributed by atoms with van der Waals surface area (Å²) in [7, 11) is -3.91. The van der Waals surface area contributed by atoms with Crippen molar-refractivity contribution in [1.29, 1.82) is 0 Å². The van der Waals surface area contributed by atoms with E-state index in [9.17, 15) is 17.2 Å². The minimum absolute atomic E-state index is 0.0288. The number of nitrogens with one attached hydrogen (secondary N) is 1. The van der Waals surface area contributed by atoms with Gasteiger partial charge < -0.3 is 0 Å². The molecule has 0 amide bonds. The fourth-order valence-corrected chi connectivity index (χ4v) is 4.03. The Hall–Kier alpha value is -2.74. The number of aryl methyl sites for hydroxylation is 1. The van der Waals surface area contributed by atoms with Crippen molar-refractivity contribution >= 4 is 15.7 Å². The van der Waals surface area contributed by atoms with Crippen LogP contribution in [0.3, 0.4) is 0 Å².